The molecule has 0 radical (unpaired) electrons. The molecule has 1 N–H and O–H groups in total. The molecule has 1 aromatic carbocycles. The summed E-state index contributed by atoms with van der Waals surface area (Å²) in [5, 5.41) is 10.2. The molecule has 1 aliphatic heterocycles. The van der Waals surface area contributed by atoms with Gasteiger partial charge < -0.3 is 10.0 Å². The van der Waals surface area contributed by atoms with E-state index in [0.717, 1.165) is 12.6 Å². The van der Waals surface area contributed by atoms with Crippen molar-refractivity contribution >= 4 is 0 Å². The topological polar surface area (TPSA) is 23.5 Å². The zero-order valence-corrected chi connectivity index (χ0v) is 9.21. The van der Waals surface area contributed by atoms with Gasteiger partial charge in [-0.15, -0.1) is 0 Å². The Bertz CT molecular complexity index is 397. The molecule has 88 valence electrons. The van der Waals surface area contributed by atoms with Crippen LogP contribution in [-0.4, -0.2) is 35.7 Å². The smallest absolute Gasteiger partial charge is 0.129 e. The molecule has 16 heavy (non-hydrogen) atoms. The number of aliphatic hydroxyl groups is 1. The highest BCUT2D eigenvalue weighted by atomic mass is 19.1. The minimum atomic E-state index is -0.882. The number of hydrogen-bond donors (Lipinski definition) is 1. The molecule has 4 heteroatoms. The lowest BCUT2D eigenvalue weighted by Crippen LogP contribution is -2.34. The van der Waals surface area contributed by atoms with E-state index >= 15 is 0 Å². The minimum Gasteiger partial charge on any atom is -0.388 e. The van der Waals surface area contributed by atoms with Crippen LogP contribution in [0.1, 0.15) is 12.0 Å². The molecule has 2 nitrogen and oxygen atoms in total. The van der Waals surface area contributed by atoms with Crippen LogP contribution < -0.4 is 0 Å². The first kappa shape index (κ1) is 11.5. The zero-order chi connectivity index (χ0) is 11.8. The van der Waals surface area contributed by atoms with Gasteiger partial charge in [-0.3, -0.25) is 0 Å². The van der Waals surface area contributed by atoms with E-state index in [4.69, 9.17) is 0 Å². The minimum absolute atomic E-state index is 0.240. The third kappa shape index (κ3) is 2.39. The van der Waals surface area contributed by atoms with Crippen molar-refractivity contribution in [3.8, 4) is 0 Å². The first-order chi connectivity index (χ1) is 7.48. The van der Waals surface area contributed by atoms with Crippen LogP contribution in [-0.2, 0) is 6.42 Å². The molecule has 1 aliphatic rings. The van der Waals surface area contributed by atoms with E-state index in [1.807, 2.05) is 11.9 Å². The molecular weight excluding hydrogens is 212 g/mol. The molecule has 0 spiro atoms. The lowest BCUT2D eigenvalue weighted by molar-refractivity contribution is 0.0514. The Morgan fingerprint density at radius 3 is 2.75 bits per heavy atom. The Labute approximate surface area is 93.5 Å². The van der Waals surface area contributed by atoms with Gasteiger partial charge in [0, 0.05) is 25.6 Å². The number of benzene rings is 1. The Kier molecular flexibility index (Phi) is 2.95. The van der Waals surface area contributed by atoms with Crippen LogP contribution in [0.3, 0.4) is 0 Å². The summed E-state index contributed by atoms with van der Waals surface area (Å²) < 4.78 is 26.1. The molecule has 0 aromatic heterocycles. The van der Waals surface area contributed by atoms with Crippen LogP contribution in [0.2, 0.25) is 0 Å². The maximum absolute atomic E-state index is 13.4. The fourth-order valence-electron chi connectivity index (χ4n) is 2.22. The maximum Gasteiger partial charge on any atom is 0.129 e. The summed E-state index contributed by atoms with van der Waals surface area (Å²) in [5.74, 6) is -1.17. The van der Waals surface area contributed by atoms with E-state index in [1.54, 1.807) is 0 Å². The van der Waals surface area contributed by atoms with Crippen LogP contribution in [0.4, 0.5) is 8.78 Å². The van der Waals surface area contributed by atoms with Crippen molar-refractivity contribution in [2.45, 2.75) is 18.4 Å². The third-order valence-corrected chi connectivity index (χ3v) is 3.06. The normalized spacial score (nSPS) is 26.2. The van der Waals surface area contributed by atoms with E-state index in [9.17, 15) is 13.9 Å². The summed E-state index contributed by atoms with van der Waals surface area (Å²) in [7, 11) is 1.92. The van der Waals surface area contributed by atoms with E-state index in [1.165, 1.54) is 12.1 Å². The highest BCUT2D eigenvalue weighted by molar-refractivity contribution is 5.21. The number of likely N-dealkylation sites (tertiary alicyclic amines) is 1. The van der Waals surface area contributed by atoms with Crippen LogP contribution in [0.15, 0.2) is 18.2 Å². The molecule has 0 amide bonds. The third-order valence-electron chi connectivity index (χ3n) is 3.06. The van der Waals surface area contributed by atoms with Gasteiger partial charge in [-0.05, 0) is 25.1 Å². The van der Waals surface area contributed by atoms with Gasteiger partial charge in [0.1, 0.15) is 11.6 Å². The van der Waals surface area contributed by atoms with Crippen LogP contribution in [0.25, 0.3) is 0 Å². The van der Waals surface area contributed by atoms with Crippen molar-refractivity contribution in [2.24, 2.45) is 0 Å². The van der Waals surface area contributed by atoms with Gasteiger partial charge in [-0.25, -0.2) is 8.78 Å². The molecule has 0 bridgehead atoms. The highest BCUT2D eigenvalue weighted by Crippen LogP contribution is 2.25. The molecule has 0 saturated carbocycles. The predicted molar refractivity (Wildman–Crippen MR) is 57.1 cm³/mol. The SMILES string of the molecule is CN1CCC(O)(Cc2ccc(F)cc2F)C1. The molecule has 1 aromatic rings. The molecule has 1 saturated heterocycles. The van der Waals surface area contributed by atoms with Gasteiger partial charge >= 0.3 is 0 Å². The number of rotatable bonds is 2. The summed E-state index contributed by atoms with van der Waals surface area (Å²) >= 11 is 0. The summed E-state index contributed by atoms with van der Waals surface area (Å²) in [5.41, 5.74) is -0.507. The number of hydrogen-bond acceptors (Lipinski definition) is 2. The summed E-state index contributed by atoms with van der Waals surface area (Å²) in [6.07, 6.45) is 0.865. The number of halogens is 2. The second-order valence-corrected chi connectivity index (χ2v) is 4.62. The molecule has 1 heterocycles. The van der Waals surface area contributed by atoms with Crippen LogP contribution >= 0.6 is 0 Å². The van der Waals surface area contributed by atoms with Gasteiger partial charge in [-0.1, -0.05) is 6.07 Å². The maximum atomic E-state index is 13.4. The fourth-order valence-corrected chi connectivity index (χ4v) is 2.22. The quantitative estimate of drug-likeness (QED) is 0.829. The van der Waals surface area contributed by atoms with Gasteiger partial charge in [0.15, 0.2) is 0 Å². The second-order valence-electron chi connectivity index (χ2n) is 4.62. The number of β-amino-alcohol motifs (C(OH)–C–C–N with tert-alkyl or cyclic N) is 1. The number of likely N-dealkylation sites (N-methyl/N-ethyl adjacent to an activating group) is 1. The fraction of sp³-hybridized carbons (Fsp3) is 0.500. The Morgan fingerprint density at radius 1 is 1.44 bits per heavy atom. The van der Waals surface area contributed by atoms with Gasteiger partial charge in [0.05, 0.1) is 5.60 Å². The Morgan fingerprint density at radius 2 is 2.19 bits per heavy atom. The molecule has 2 rings (SSSR count). The van der Waals surface area contributed by atoms with Crippen LogP contribution in [0, 0.1) is 11.6 Å². The average molecular weight is 227 g/mol. The summed E-state index contributed by atoms with van der Waals surface area (Å²) in [4.78, 5) is 2.00. The van der Waals surface area contributed by atoms with Gasteiger partial charge in [0.25, 0.3) is 0 Å². The van der Waals surface area contributed by atoms with Gasteiger partial charge in [-0.2, -0.15) is 0 Å². The molecule has 0 aliphatic carbocycles. The van der Waals surface area contributed by atoms with Crippen molar-refractivity contribution in [1.29, 1.82) is 0 Å². The van der Waals surface area contributed by atoms with E-state index < -0.39 is 17.2 Å². The largest absolute Gasteiger partial charge is 0.388 e. The molecule has 1 atom stereocenters. The van der Waals surface area contributed by atoms with Crippen molar-refractivity contribution in [3.63, 3.8) is 0 Å². The first-order valence-corrected chi connectivity index (χ1v) is 5.33. The van der Waals surface area contributed by atoms with Gasteiger partial charge in [0.2, 0.25) is 0 Å². The Hall–Kier alpha value is -1.00. The standard InChI is InChI=1S/C12H15F2NO/c1-15-5-4-12(16,8-15)7-9-2-3-10(13)6-11(9)14/h2-3,6,16H,4-5,7-8H2,1H3. The predicted octanol–water partition coefficient (Wildman–Crippen LogP) is 1.57. The number of nitrogens with zero attached hydrogens (tertiary/aromatic N) is 1. The van der Waals surface area contributed by atoms with Crippen molar-refractivity contribution in [2.75, 3.05) is 20.1 Å². The molecule has 1 unspecified atom stereocenters. The van der Waals surface area contributed by atoms with Crippen molar-refractivity contribution in [1.82, 2.24) is 4.90 Å². The summed E-state index contributed by atoms with van der Waals surface area (Å²) in [6.45, 7) is 1.34. The average Bonchev–Trinajstić information content (AvgIpc) is 2.52. The van der Waals surface area contributed by atoms with Crippen LogP contribution in [0.5, 0.6) is 0 Å². The second kappa shape index (κ2) is 4.11. The van der Waals surface area contributed by atoms with Crippen molar-refractivity contribution in [3.05, 3.63) is 35.4 Å². The first-order valence-electron chi connectivity index (χ1n) is 5.33. The van der Waals surface area contributed by atoms with E-state index in [-0.39, 0.29) is 6.42 Å². The highest BCUT2D eigenvalue weighted by Gasteiger charge is 2.35. The summed E-state index contributed by atoms with van der Waals surface area (Å²) in [6, 6.07) is 3.48. The van der Waals surface area contributed by atoms with E-state index in [2.05, 4.69) is 0 Å². The van der Waals surface area contributed by atoms with E-state index in [0.29, 0.717) is 18.5 Å². The lowest BCUT2D eigenvalue weighted by atomic mass is 9.93. The zero-order valence-electron chi connectivity index (χ0n) is 9.21. The van der Waals surface area contributed by atoms with Crippen molar-refractivity contribution < 1.29 is 13.9 Å². The monoisotopic (exact) mass is 227 g/mol. The Balaban J connectivity index is 2.14. The molecule has 1 fully saturated rings. The lowest BCUT2D eigenvalue weighted by Gasteiger charge is -2.22. The molecular formula is C12H15F2NO.